The van der Waals surface area contributed by atoms with E-state index in [2.05, 4.69) is 15.3 Å². The van der Waals surface area contributed by atoms with E-state index in [1.807, 2.05) is 0 Å². The Morgan fingerprint density at radius 3 is 2.35 bits per heavy atom. The molecule has 7 unspecified atom stereocenters. The fourth-order valence-electron chi connectivity index (χ4n) is 4.47. The van der Waals surface area contributed by atoms with Gasteiger partial charge in [-0.2, -0.15) is 32.2 Å². The number of hydrogen-bond donors (Lipinski definition) is 2. The zero-order valence-electron chi connectivity index (χ0n) is 17.2. The van der Waals surface area contributed by atoms with Gasteiger partial charge in [0.05, 0.1) is 23.0 Å². The van der Waals surface area contributed by atoms with Gasteiger partial charge in [0.2, 0.25) is 0 Å². The molecule has 2 saturated carbocycles. The summed E-state index contributed by atoms with van der Waals surface area (Å²) < 4.78 is 65.5. The van der Waals surface area contributed by atoms with Crippen molar-refractivity contribution in [3.8, 4) is 0 Å². The quantitative estimate of drug-likeness (QED) is 0.331. The topological polar surface area (TPSA) is 166 Å². The lowest BCUT2D eigenvalue weighted by atomic mass is 9.87. The van der Waals surface area contributed by atoms with Gasteiger partial charge >= 0.3 is 0 Å². The van der Waals surface area contributed by atoms with Gasteiger partial charge in [0.15, 0.2) is 6.04 Å². The first kappa shape index (κ1) is 24.5. The number of amides is 1. The van der Waals surface area contributed by atoms with Gasteiger partial charge in [0.1, 0.15) is 5.25 Å². The Morgan fingerprint density at radius 2 is 1.74 bits per heavy atom. The molecule has 7 atom stereocenters. The lowest BCUT2D eigenvalue weighted by Crippen LogP contribution is -2.43. The first-order chi connectivity index (χ1) is 14.3. The number of hydrazone groups is 1. The van der Waals surface area contributed by atoms with Crippen LogP contribution in [0.1, 0.15) is 52.4 Å². The number of nitrogens with zero attached hydrogens (tertiary/aromatic N) is 4. The Hall–Kier alpha value is -1.15. The highest BCUT2D eigenvalue weighted by Gasteiger charge is 2.44. The van der Waals surface area contributed by atoms with Crippen molar-refractivity contribution in [2.24, 2.45) is 21.2 Å². The minimum Gasteiger partial charge on any atom is -0.285 e. The Morgan fingerprint density at radius 1 is 1.06 bits per heavy atom. The molecule has 2 aliphatic carbocycles. The van der Waals surface area contributed by atoms with Crippen LogP contribution in [0, 0.1) is 5.92 Å². The van der Waals surface area contributed by atoms with Gasteiger partial charge in [-0.15, -0.1) is 11.6 Å². The third kappa shape index (κ3) is 5.44. The highest BCUT2D eigenvalue weighted by atomic mass is 35.5. The predicted molar refractivity (Wildman–Crippen MR) is 113 cm³/mol. The Labute approximate surface area is 186 Å². The van der Waals surface area contributed by atoms with Gasteiger partial charge in [-0.25, -0.2) is 5.01 Å². The molecule has 0 spiro atoms. The highest BCUT2D eigenvalue weighted by molar-refractivity contribution is 7.86. The lowest BCUT2D eigenvalue weighted by molar-refractivity contribution is -0.132. The number of carbonyl (C=O) groups is 1. The Balaban J connectivity index is 1.75. The standard InChI is InChI=1S/C17H27ClN4O7S2/c1-9-6-15(31(27,28)29)14(8-13(9)18)19-20-16-10(2)21-22(17(16)23)11-4-3-5-12(7-11)30(24,25)26/h9,11-16H,3-8H2,1-2H3,(H,24,25,26)(H,27,28,29). The molecule has 2 N–H and O–H groups in total. The minimum absolute atomic E-state index is 0.0739. The summed E-state index contributed by atoms with van der Waals surface area (Å²) in [4.78, 5) is 12.9. The highest BCUT2D eigenvalue weighted by Crippen LogP contribution is 2.35. The second kappa shape index (κ2) is 9.00. The van der Waals surface area contributed by atoms with Crippen LogP contribution in [0.5, 0.6) is 0 Å². The molecule has 0 aromatic carbocycles. The van der Waals surface area contributed by atoms with Crippen molar-refractivity contribution in [2.75, 3.05) is 0 Å². The molecule has 0 bridgehead atoms. The van der Waals surface area contributed by atoms with E-state index in [9.17, 15) is 30.7 Å². The van der Waals surface area contributed by atoms with Crippen molar-refractivity contribution in [3.05, 3.63) is 0 Å². The second-order valence-electron chi connectivity index (χ2n) is 8.60. The molecule has 2 fully saturated rings. The summed E-state index contributed by atoms with van der Waals surface area (Å²) in [5.41, 5.74) is 0.345. The number of azo groups is 1. The molecule has 0 radical (unpaired) electrons. The lowest BCUT2D eigenvalue weighted by Gasteiger charge is -2.33. The van der Waals surface area contributed by atoms with E-state index in [1.54, 1.807) is 13.8 Å². The van der Waals surface area contributed by atoms with Gasteiger partial charge in [0.25, 0.3) is 26.1 Å². The van der Waals surface area contributed by atoms with Crippen molar-refractivity contribution >= 4 is 43.5 Å². The molecule has 176 valence electrons. The van der Waals surface area contributed by atoms with Crippen LogP contribution in [-0.4, -0.2) is 76.6 Å². The molecule has 3 rings (SSSR count). The molecular formula is C17H27ClN4O7S2. The zero-order valence-corrected chi connectivity index (χ0v) is 19.6. The van der Waals surface area contributed by atoms with E-state index < -0.39 is 54.8 Å². The van der Waals surface area contributed by atoms with Crippen LogP contribution in [0.15, 0.2) is 15.3 Å². The molecule has 14 heteroatoms. The van der Waals surface area contributed by atoms with Crippen LogP contribution < -0.4 is 0 Å². The number of rotatable bonds is 5. The molecule has 0 aromatic heterocycles. The largest absolute Gasteiger partial charge is 0.285 e. The third-order valence-corrected chi connectivity index (χ3v) is 9.47. The summed E-state index contributed by atoms with van der Waals surface area (Å²) in [5, 5.41) is 11.1. The van der Waals surface area contributed by atoms with Crippen LogP contribution in [0.2, 0.25) is 0 Å². The van der Waals surface area contributed by atoms with Gasteiger partial charge < -0.3 is 0 Å². The van der Waals surface area contributed by atoms with Gasteiger partial charge in [0, 0.05) is 5.38 Å². The smallest absolute Gasteiger partial charge is 0.275 e. The molecule has 1 heterocycles. The van der Waals surface area contributed by atoms with Gasteiger partial charge in [-0.05, 0) is 51.4 Å². The van der Waals surface area contributed by atoms with Crippen molar-refractivity contribution < 1.29 is 30.7 Å². The van der Waals surface area contributed by atoms with Crippen molar-refractivity contribution in [2.45, 2.75) is 86.4 Å². The van der Waals surface area contributed by atoms with E-state index in [1.165, 1.54) is 5.01 Å². The van der Waals surface area contributed by atoms with Crippen LogP contribution >= 0.6 is 11.6 Å². The monoisotopic (exact) mass is 498 g/mol. The normalized spacial score (nSPS) is 38.0. The van der Waals surface area contributed by atoms with E-state index in [4.69, 9.17) is 11.6 Å². The maximum Gasteiger partial charge on any atom is 0.275 e. The number of carbonyl (C=O) groups excluding carboxylic acids is 1. The molecule has 11 nitrogen and oxygen atoms in total. The van der Waals surface area contributed by atoms with E-state index in [0.717, 1.165) is 0 Å². The molecule has 1 amide bonds. The summed E-state index contributed by atoms with van der Waals surface area (Å²) in [6, 6.07) is -2.43. The Bertz CT molecular complexity index is 984. The second-order valence-corrected chi connectivity index (χ2v) is 12.5. The molecular weight excluding hydrogens is 472 g/mol. The summed E-state index contributed by atoms with van der Waals surface area (Å²) in [5.74, 6) is -0.619. The van der Waals surface area contributed by atoms with Crippen molar-refractivity contribution in [1.82, 2.24) is 5.01 Å². The molecule has 0 aromatic rings. The molecule has 0 saturated heterocycles. The first-order valence-electron chi connectivity index (χ1n) is 10.1. The number of hydrogen-bond acceptors (Lipinski definition) is 8. The average Bonchev–Trinajstić information content (AvgIpc) is 2.95. The maximum atomic E-state index is 12.9. The third-order valence-electron chi connectivity index (χ3n) is 6.32. The van der Waals surface area contributed by atoms with Gasteiger partial charge in [-0.3, -0.25) is 13.9 Å². The van der Waals surface area contributed by atoms with Gasteiger partial charge in [-0.1, -0.05) is 6.92 Å². The van der Waals surface area contributed by atoms with Crippen LogP contribution in [0.3, 0.4) is 0 Å². The SMILES string of the molecule is CC1=NN(C2CCCC(S(=O)(=O)O)C2)C(=O)C1N=NC1CC(Cl)C(C)CC1S(=O)(=O)O. The fraction of sp³-hybridized carbons (Fsp3) is 0.882. The first-order valence-corrected chi connectivity index (χ1v) is 13.6. The zero-order chi connectivity index (χ0) is 23.1. The van der Waals surface area contributed by atoms with Crippen LogP contribution in [0.4, 0.5) is 0 Å². The average molecular weight is 499 g/mol. The van der Waals surface area contributed by atoms with Crippen molar-refractivity contribution in [1.29, 1.82) is 0 Å². The summed E-state index contributed by atoms with van der Waals surface area (Å²) in [6.07, 6.45) is 1.78. The van der Waals surface area contributed by atoms with E-state index in [-0.39, 0.29) is 30.6 Å². The fourth-order valence-corrected chi connectivity index (χ4v) is 6.79. The minimum atomic E-state index is -4.37. The number of halogens is 1. The number of alkyl halides is 1. The Kier molecular flexibility index (Phi) is 7.11. The van der Waals surface area contributed by atoms with E-state index >= 15 is 0 Å². The summed E-state index contributed by atoms with van der Waals surface area (Å²) >= 11 is 6.26. The summed E-state index contributed by atoms with van der Waals surface area (Å²) in [7, 11) is -8.58. The van der Waals surface area contributed by atoms with Crippen molar-refractivity contribution in [3.63, 3.8) is 0 Å². The molecule has 1 aliphatic heterocycles. The predicted octanol–water partition coefficient (Wildman–Crippen LogP) is 1.89. The molecule has 31 heavy (non-hydrogen) atoms. The molecule has 3 aliphatic rings. The summed E-state index contributed by atoms with van der Waals surface area (Å²) in [6.45, 7) is 3.38. The van der Waals surface area contributed by atoms with Crippen LogP contribution in [0.25, 0.3) is 0 Å². The van der Waals surface area contributed by atoms with E-state index in [0.29, 0.717) is 25.0 Å². The maximum absolute atomic E-state index is 12.9. The van der Waals surface area contributed by atoms with Crippen LogP contribution in [-0.2, 0) is 25.0 Å².